The Bertz CT molecular complexity index is 851. The van der Waals surface area contributed by atoms with Gasteiger partial charge in [0.05, 0.1) is 7.11 Å². The van der Waals surface area contributed by atoms with Crippen LogP contribution in [-0.4, -0.2) is 42.5 Å². The van der Waals surface area contributed by atoms with Gasteiger partial charge in [-0.05, 0) is 56.5 Å². The summed E-state index contributed by atoms with van der Waals surface area (Å²) in [5.74, 6) is 0.953. The van der Waals surface area contributed by atoms with Crippen molar-refractivity contribution >= 4 is 11.8 Å². The van der Waals surface area contributed by atoms with Crippen LogP contribution in [0, 0.1) is 6.92 Å². The minimum Gasteiger partial charge on any atom is -0.497 e. The first-order valence-electron chi connectivity index (χ1n) is 10.3. The Labute approximate surface area is 179 Å². The number of aryl methyl sites for hydroxylation is 1. The molecule has 0 aliphatic rings. The van der Waals surface area contributed by atoms with Crippen molar-refractivity contribution < 1.29 is 19.1 Å². The molecule has 0 radical (unpaired) electrons. The van der Waals surface area contributed by atoms with Gasteiger partial charge in [-0.2, -0.15) is 0 Å². The van der Waals surface area contributed by atoms with Crippen molar-refractivity contribution in [2.45, 2.75) is 52.7 Å². The molecule has 1 atom stereocenters. The van der Waals surface area contributed by atoms with Crippen molar-refractivity contribution in [1.29, 1.82) is 0 Å². The molecule has 0 aliphatic heterocycles. The highest BCUT2D eigenvalue weighted by molar-refractivity contribution is 5.88. The van der Waals surface area contributed by atoms with Crippen LogP contribution in [0.25, 0.3) is 0 Å². The summed E-state index contributed by atoms with van der Waals surface area (Å²) in [6.07, 6.45) is 0.499. The number of carbonyl (C=O) groups is 2. The van der Waals surface area contributed by atoms with Gasteiger partial charge in [0, 0.05) is 12.6 Å². The van der Waals surface area contributed by atoms with E-state index in [1.54, 1.807) is 12.0 Å². The third kappa shape index (κ3) is 6.51. The number of methoxy groups -OCH3 is 1. The van der Waals surface area contributed by atoms with Crippen molar-refractivity contribution in [3.05, 3.63) is 59.7 Å². The molecule has 0 aromatic heterocycles. The van der Waals surface area contributed by atoms with Crippen molar-refractivity contribution in [3.8, 4) is 11.5 Å². The van der Waals surface area contributed by atoms with E-state index >= 15 is 0 Å². The Balaban J connectivity index is 2.24. The second-order valence-electron chi connectivity index (χ2n) is 7.51. The minimum atomic E-state index is -0.591. The van der Waals surface area contributed by atoms with Crippen LogP contribution in [0.15, 0.2) is 48.5 Å². The molecule has 2 aromatic carbocycles. The fraction of sp³-hybridized carbons (Fsp3) is 0.417. The predicted molar refractivity (Wildman–Crippen MR) is 118 cm³/mol. The van der Waals surface area contributed by atoms with E-state index in [0.29, 0.717) is 17.9 Å². The normalized spacial score (nSPS) is 11.7. The van der Waals surface area contributed by atoms with Crippen LogP contribution >= 0.6 is 0 Å². The summed E-state index contributed by atoms with van der Waals surface area (Å²) in [5.41, 5.74) is 1.84. The van der Waals surface area contributed by atoms with Gasteiger partial charge in [-0.15, -0.1) is 0 Å². The molecule has 162 valence electrons. The molecule has 1 N–H and O–H groups in total. The van der Waals surface area contributed by atoms with E-state index in [4.69, 9.17) is 9.47 Å². The van der Waals surface area contributed by atoms with E-state index in [0.717, 1.165) is 11.1 Å². The number of hydrogen-bond donors (Lipinski definition) is 1. The summed E-state index contributed by atoms with van der Waals surface area (Å²) in [5, 5.41) is 2.92. The summed E-state index contributed by atoms with van der Waals surface area (Å²) < 4.78 is 11.1. The molecule has 2 rings (SSSR count). The number of carbonyl (C=O) groups excluding carboxylic acids is 2. The van der Waals surface area contributed by atoms with Gasteiger partial charge in [-0.25, -0.2) is 0 Å². The Morgan fingerprint density at radius 1 is 1.10 bits per heavy atom. The summed E-state index contributed by atoms with van der Waals surface area (Å²) >= 11 is 0. The first kappa shape index (κ1) is 23.3. The third-order valence-corrected chi connectivity index (χ3v) is 4.75. The van der Waals surface area contributed by atoms with Crippen molar-refractivity contribution in [1.82, 2.24) is 10.2 Å². The molecule has 0 saturated heterocycles. The maximum Gasteiger partial charge on any atom is 0.261 e. The van der Waals surface area contributed by atoms with Gasteiger partial charge in [-0.3, -0.25) is 9.59 Å². The van der Waals surface area contributed by atoms with Gasteiger partial charge in [-0.1, -0.05) is 37.3 Å². The van der Waals surface area contributed by atoms with Gasteiger partial charge >= 0.3 is 0 Å². The van der Waals surface area contributed by atoms with Crippen molar-refractivity contribution in [2.24, 2.45) is 0 Å². The standard InChI is InChI=1S/C24H32N2O4/c1-6-21(24(28)25-17(2)3)26(15-19-11-9-12-20(14-19)29-5)23(27)16-30-22-13-8-7-10-18(22)4/h7-14,17,21H,6,15-16H2,1-5H3,(H,25,28)/t21-/m0/s1. The predicted octanol–water partition coefficient (Wildman–Crippen LogP) is 3.71. The molecule has 0 spiro atoms. The number of benzene rings is 2. The van der Waals surface area contributed by atoms with E-state index < -0.39 is 6.04 Å². The summed E-state index contributed by atoms with van der Waals surface area (Å²) in [4.78, 5) is 27.6. The topological polar surface area (TPSA) is 67.9 Å². The molecule has 0 fully saturated rings. The molecule has 0 aliphatic carbocycles. The lowest BCUT2D eigenvalue weighted by molar-refractivity contribution is -0.143. The van der Waals surface area contributed by atoms with Crippen LogP contribution in [0.4, 0.5) is 0 Å². The summed E-state index contributed by atoms with van der Waals surface area (Å²) in [6.45, 7) is 7.79. The second kappa shape index (κ2) is 11.2. The second-order valence-corrected chi connectivity index (χ2v) is 7.51. The molecule has 0 unspecified atom stereocenters. The molecular formula is C24H32N2O4. The van der Waals surface area contributed by atoms with Crippen LogP contribution in [0.3, 0.4) is 0 Å². The van der Waals surface area contributed by atoms with Gasteiger partial charge in [0.1, 0.15) is 17.5 Å². The SMILES string of the molecule is CC[C@@H](C(=O)NC(C)C)N(Cc1cccc(OC)c1)C(=O)COc1ccccc1C. The Morgan fingerprint density at radius 3 is 2.47 bits per heavy atom. The van der Waals surface area contributed by atoms with E-state index in [9.17, 15) is 9.59 Å². The Kier molecular flexibility index (Phi) is 8.71. The number of para-hydroxylation sites is 1. The van der Waals surface area contributed by atoms with Crippen LogP contribution in [0.5, 0.6) is 11.5 Å². The number of nitrogens with zero attached hydrogens (tertiary/aromatic N) is 1. The van der Waals surface area contributed by atoms with Gasteiger partial charge in [0.2, 0.25) is 5.91 Å². The molecule has 30 heavy (non-hydrogen) atoms. The zero-order chi connectivity index (χ0) is 22.1. The number of hydrogen-bond acceptors (Lipinski definition) is 4. The highest BCUT2D eigenvalue weighted by Crippen LogP contribution is 2.19. The number of nitrogens with one attached hydrogen (secondary N) is 1. The molecule has 0 saturated carbocycles. The minimum absolute atomic E-state index is 0.0106. The lowest BCUT2D eigenvalue weighted by Gasteiger charge is -2.31. The fourth-order valence-corrected chi connectivity index (χ4v) is 3.21. The largest absolute Gasteiger partial charge is 0.497 e. The molecule has 0 bridgehead atoms. The van der Waals surface area contributed by atoms with E-state index in [2.05, 4.69) is 5.32 Å². The average Bonchev–Trinajstić information content (AvgIpc) is 2.72. The van der Waals surface area contributed by atoms with Crippen LogP contribution in [0.1, 0.15) is 38.3 Å². The number of ether oxygens (including phenoxy) is 2. The monoisotopic (exact) mass is 412 g/mol. The number of amides is 2. The average molecular weight is 413 g/mol. The molecule has 6 heteroatoms. The molecule has 2 amide bonds. The van der Waals surface area contributed by atoms with Crippen molar-refractivity contribution in [2.75, 3.05) is 13.7 Å². The first-order valence-corrected chi connectivity index (χ1v) is 10.3. The zero-order valence-corrected chi connectivity index (χ0v) is 18.5. The zero-order valence-electron chi connectivity index (χ0n) is 18.5. The smallest absolute Gasteiger partial charge is 0.261 e. The van der Waals surface area contributed by atoms with E-state index in [-0.39, 0.29) is 31.0 Å². The lowest BCUT2D eigenvalue weighted by Crippen LogP contribution is -2.51. The summed E-state index contributed by atoms with van der Waals surface area (Å²) in [6, 6.07) is 14.4. The van der Waals surface area contributed by atoms with Crippen molar-refractivity contribution in [3.63, 3.8) is 0 Å². The molecular weight excluding hydrogens is 380 g/mol. The Morgan fingerprint density at radius 2 is 1.83 bits per heavy atom. The lowest BCUT2D eigenvalue weighted by atomic mass is 10.1. The van der Waals surface area contributed by atoms with Crippen LogP contribution in [-0.2, 0) is 16.1 Å². The van der Waals surface area contributed by atoms with Gasteiger partial charge in [0.25, 0.3) is 5.91 Å². The summed E-state index contributed by atoms with van der Waals surface area (Å²) in [7, 11) is 1.60. The molecule has 0 heterocycles. The van der Waals surface area contributed by atoms with Gasteiger partial charge < -0.3 is 19.7 Å². The fourth-order valence-electron chi connectivity index (χ4n) is 3.21. The van der Waals surface area contributed by atoms with Gasteiger partial charge in [0.15, 0.2) is 6.61 Å². The van der Waals surface area contributed by atoms with E-state index in [1.807, 2.05) is 76.2 Å². The highest BCUT2D eigenvalue weighted by Gasteiger charge is 2.29. The highest BCUT2D eigenvalue weighted by atomic mass is 16.5. The third-order valence-electron chi connectivity index (χ3n) is 4.75. The van der Waals surface area contributed by atoms with Crippen LogP contribution < -0.4 is 14.8 Å². The maximum absolute atomic E-state index is 13.2. The maximum atomic E-state index is 13.2. The number of rotatable bonds is 10. The Hall–Kier alpha value is -3.02. The van der Waals surface area contributed by atoms with Crippen LogP contribution in [0.2, 0.25) is 0 Å². The van der Waals surface area contributed by atoms with E-state index in [1.165, 1.54) is 0 Å². The first-order chi connectivity index (χ1) is 14.3. The molecule has 6 nitrogen and oxygen atoms in total. The quantitative estimate of drug-likeness (QED) is 0.646. The molecule has 2 aromatic rings.